The molecule has 3 rings (SSSR count). The molecule has 0 unspecified atom stereocenters. The second kappa shape index (κ2) is 13.7. The van der Waals surface area contributed by atoms with E-state index in [0.29, 0.717) is 13.0 Å². The fourth-order valence-electron chi connectivity index (χ4n) is 3.13. The zero-order valence-corrected chi connectivity index (χ0v) is 19.7. The molecule has 0 aromatic heterocycles. The van der Waals surface area contributed by atoms with E-state index in [0.717, 1.165) is 23.4 Å². The number of anilines is 1. The summed E-state index contributed by atoms with van der Waals surface area (Å²) < 4.78 is 10.9. The molecule has 0 heterocycles. The number of carbonyl (C=O) groups excluding carboxylic acids is 2. The number of thiocarbonyl (C=S) groups is 1. The van der Waals surface area contributed by atoms with Crippen molar-refractivity contribution in [3.05, 3.63) is 96.1 Å². The van der Waals surface area contributed by atoms with E-state index in [1.807, 2.05) is 72.8 Å². The summed E-state index contributed by atoms with van der Waals surface area (Å²) in [4.78, 5) is 23.9. The quantitative estimate of drug-likeness (QED) is 0.309. The molecule has 176 valence electrons. The van der Waals surface area contributed by atoms with Crippen LogP contribution in [0.4, 0.5) is 5.69 Å². The third-order valence-electron chi connectivity index (χ3n) is 4.92. The molecule has 0 saturated carbocycles. The Kier molecular flexibility index (Phi) is 10.1. The van der Waals surface area contributed by atoms with Crippen LogP contribution >= 0.6 is 12.2 Å². The lowest BCUT2D eigenvalue weighted by Gasteiger charge is -2.11. The van der Waals surface area contributed by atoms with Crippen LogP contribution in [0, 0.1) is 0 Å². The van der Waals surface area contributed by atoms with Crippen molar-refractivity contribution < 1.29 is 19.1 Å². The van der Waals surface area contributed by atoms with E-state index in [9.17, 15) is 9.59 Å². The first-order valence-electron chi connectivity index (χ1n) is 11.2. The first-order valence-corrected chi connectivity index (χ1v) is 11.6. The molecular weight excluding hydrogens is 448 g/mol. The Labute approximate surface area is 205 Å². The van der Waals surface area contributed by atoms with Crippen LogP contribution in [0.2, 0.25) is 0 Å². The van der Waals surface area contributed by atoms with Gasteiger partial charge in [0.2, 0.25) is 5.91 Å². The molecule has 0 aliphatic rings. The van der Waals surface area contributed by atoms with Gasteiger partial charge in [-0.15, -0.1) is 0 Å². The van der Waals surface area contributed by atoms with E-state index in [4.69, 9.17) is 21.7 Å². The number of amides is 1. The van der Waals surface area contributed by atoms with Gasteiger partial charge in [0.15, 0.2) is 5.11 Å². The molecule has 0 atom stereocenters. The van der Waals surface area contributed by atoms with Gasteiger partial charge in [-0.1, -0.05) is 60.7 Å². The smallest absolute Gasteiger partial charge is 0.306 e. The average Bonchev–Trinajstić information content (AvgIpc) is 2.85. The summed E-state index contributed by atoms with van der Waals surface area (Å²) in [6.07, 6.45) is 1.47. The van der Waals surface area contributed by atoms with Crippen molar-refractivity contribution in [2.45, 2.75) is 25.7 Å². The van der Waals surface area contributed by atoms with Gasteiger partial charge in [-0.05, 0) is 47.6 Å². The number of benzene rings is 3. The summed E-state index contributed by atoms with van der Waals surface area (Å²) in [7, 11) is 0. The summed E-state index contributed by atoms with van der Waals surface area (Å²) in [5.74, 6) is -0.00611. The van der Waals surface area contributed by atoms with E-state index in [1.165, 1.54) is 5.56 Å². The van der Waals surface area contributed by atoms with Crippen LogP contribution in [0.3, 0.4) is 0 Å². The van der Waals surface area contributed by atoms with E-state index in [1.54, 1.807) is 0 Å². The van der Waals surface area contributed by atoms with Gasteiger partial charge in [-0.25, -0.2) is 0 Å². The lowest BCUT2D eigenvalue weighted by atomic mass is 10.2. The predicted octanol–water partition coefficient (Wildman–Crippen LogP) is 4.69. The zero-order valence-electron chi connectivity index (χ0n) is 18.9. The Morgan fingerprint density at radius 1 is 0.735 bits per heavy atom. The molecule has 7 heteroatoms. The lowest BCUT2D eigenvalue weighted by Crippen LogP contribution is -2.34. The van der Waals surface area contributed by atoms with Gasteiger partial charge in [0.05, 0.1) is 19.6 Å². The second-order valence-electron chi connectivity index (χ2n) is 7.57. The van der Waals surface area contributed by atoms with Crippen molar-refractivity contribution >= 4 is 34.9 Å². The molecule has 0 bridgehead atoms. The van der Waals surface area contributed by atoms with Crippen molar-refractivity contribution in [3.63, 3.8) is 0 Å². The maximum absolute atomic E-state index is 12.1. The van der Waals surface area contributed by atoms with Crippen LogP contribution in [-0.4, -0.2) is 30.2 Å². The highest BCUT2D eigenvalue weighted by Gasteiger charge is 2.10. The molecule has 3 aromatic rings. The number of rotatable bonds is 11. The summed E-state index contributed by atoms with van der Waals surface area (Å²) in [6.45, 7) is 0.871. The first-order chi connectivity index (χ1) is 16.6. The Morgan fingerprint density at radius 3 is 1.94 bits per heavy atom. The number of ether oxygens (including phenoxy) is 2. The lowest BCUT2D eigenvalue weighted by molar-refractivity contribution is -0.144. The van der Waals surface area contributed by atoms with Gasteiger partial charge in [-0.3, -0.25) is 9.59 Å². The van der Waals surface area contributed by atoms with Crippen molar-refractivity contribution in [1.82, 2.24) is 5.32 Å². The normalized spacial score (nSPS) is 10.2. The van der Waals surface area contributed by atoms with Gasteiger partial charge in [0, 0.05) is 24.9 Å². The molecule has 0 aliphatic heterocycles. The van der Waals surface area contributed by atoms with E-state index in [-0.39, 0.29) is 30.5 Å². The standard InChI is InChI=1S/C27H28N2O4S/c30-25(15-16-26(31)33-20-18-22-9-5-2-6-10-22)29-27(34)28-23-11-13-24(14-12-23)32-19-17-21-7-3-1-4-8-21/h1-14H,15-20H2,(H2,28,29,30,34). The molecule has 1 amide bonds. The van der Waals surface area contributed by atoms with Crippen molar-refractivity contribution in [3.8, 4) is 5.75 Å². The molecule has 0 saturated heterocycles. The average molecular weight is 477 g/mol. The number of esters is 1. The third-order valence-corrected chi connectivity index (χ3v) is 5.12. The molecule has 6 nitrogen and oxygen atoms in total. The SMILES string of the molecule is O=C(CCC(=O)OCCc1ccccc1)NC(=S)Nc1ccc(OCCc2ccccc2)cc1. The number of hydrogen-bond acceptors (Lipinski definition) is 5. The minimum absolute atomic E-state index is 0.000181. The summed E-state index contributed by atoms with van der Waals surface area (Å²) in [6, 6.07) is 27.2. The van der Waals surface area contributed by atoms with Crippen LogP contribution < -0.4 is 15.4 Å². The predicted molar refractivity (Wildman–Crippen MR) is 137 cm³/mol. The van der Waals surface area contributed by atoms with E-state index >= 15 is 0 Å². The van der Waals surface area contributed by atoms with Crippen molar-refractivity contribution in [2.75, 3.05) is 18.5 Å². The molecule has 3 aromatic carbocycles. The van der Waals surface area contributed by atoms with Crippen LogP contribution in [0.5, 0.6) is 5.75 Å². The van der Waals surface area contributed by atoms with Crippen molar-refractivity contribution in [2.24, 2.45) is 0 Å². The van der Waals surface area contributed by atoms with Crippen LogP contribution in [0.1, 0.15) is 24.0 Å². The molecule has 0 spiro atoms. The topological polar surface area (TPSA) is 76.7 Å². The maximum atomic E-state index is 12.1. The Hall–Kier alpha value is -3.71. The summed E-state index contributed by atoms with van der Waals surface area (Å²) in [5, 5.41) is 5.69. The first kappa shape index (κ1) is 24.9. The number of carbonyl (C=O) groups is 2. The molecule has 0 radical (unpaired) electrons. The Bertz CT molecular complexity index is 1060. The fraction of sp³-hybridized carbons (Fsp3) is 0.222. The monoisotopic (exact) mass is 476 g/mol. The Balaban J connectivity index is 1.29. The zero-order chi connectivity index (χ0) is 24.0. The minimum Gasteiger partial charge on any atom is -0.493 e. The molecular formula is C27H28N2O4S. The number of nitrogens with one attached hydrogen (secondary N) is 2. The Morgan fingerprint density at radius 2 is 1.32 bits per heavy atom. The van der Waals surface area contributed by atoms with Crippen LogP contribution in [0.25, 0.3) is 0 Å². The maximum Gasteiger partial charge on any atom is 0.306 e. The van der Waals surface area contributed by atoms with Gasteiger partial charge in [-0.2, -0.15) is 0 Å². The molecule has 2 N–H and O–H groups in total. The van der Waals surface area contributed by atoms with E-state index in [2.05, 4.69) is 22.8 Å². The molecule has 34 heavy (non-hydrogen) atoms. The summed E-state index contributed by atoms with van der Waals surface area (Å²) in [5.41, 5.74) is 3.04. The second-order valence-corrected chi connectivity index (χ2v) is 7.98. The van der Waals surface area contributed by atoms with Gasteiger partial charge in [0.25, 0.3) is 0 Å². The van der Waals surface area contributed by atoms with Crippen molar-refractivity contribution in [1.29, 1.82) is 0 Å². The van der Waals surface area contributed by atoms with Crippen LogP contribution in [0.15, 0.2) is 84.9 Å². The molecule has 0 fully saturated rings. The minimum atomic E-state index is -0.409. The highest BCUT2D eigenvalue weighted by atomic mass is 32.1. The van der Waals surface area contributed by atoms with Crippen LogP contribution in [-0.2, 0) is 27.2 Å². The third kappa shape index (κ3) is 9.42. The number of hydrogen-bond donors (Lipinski definition) is 2. The highest BCUT2D eigenvalue weighted by Crippen LogP contribution is 2.16. The largest absolute Gasteiger partial charge is 0.493 e. The van der Waals surface area contributed by atoms with E-state index < -0.39 is 5.97 Å². The fourth-order valence-corrected chi connectivity index (χ4v) is 3.36. The summed E-state index contributed by atoms with van der Waals surface area (Å²) >= 11 is 5.18. The van der Waals surface area contributed by atoms with Gasteiger partial charge in [0.1, 0.15) is 5.75 Å². The highest BCUT2D eigenvalue weighted by molar-refractivity contribution is 7.80. The molecule has 0 aliphatic carbocycles. The van der Waals surface area contributed by atoms with Gasteiger partial charge >= 0.3 is 5.97 Å². The van der Waals surface area contributed by atoms with Gasteiger partial charge < -0.3 is 20.1 Å².